The van der Waals surface area contributed by atoms with Crippen LogP contribution in [0.1, 0.15) is 57.6 Å². The average molecular weight is 362 g/mol. The van der Waals surface area contributed by atoms with Crippen molar-refractivity contribution in [3.63, 3.8) is 0 Å². The van der Waals surface area contributed by atoms with E-state index in [0.717, 1.165) is 25.9 Å². The van der Waals surface area contributed by atoms with Gasteiger partial charge in [-0.05, 0) is 82.4 Å². The molecule has 2 aliphatic rings. The summed E-state index contributed by atoms with van der Waals surface area (Å²) in [5, 5.41) is 0. The van der Waals surface area contributed by atoms with Crippen LogP contribution in [0.2, 0.25) is 0 Å². The minimum Gasteiger partial charge on any atom is -0.444 e. The zero-order chi connectivity index (χ0) is 17.9. The predicted octanol–water partition coefficient (Wildman–Crippen LogP) is 5.30. The first-order valence-corrected chi connectivity index (χ1v) is 10.6. The van der Waals surface area contributed by atoms with Crippen molar-refractivity contribution in [2.45, 2.75) is 69.8 Å². The fourth-order valence-corrected chi connectivity index (χ4v) is 5.03. The third-order valence-corrected chi connectivity index (χ3v) is 6.43. The third kappa shape index (κ3) is 5.16. The Morgan fingerprint density at radius 3 is 2.64 bits per heavy atom. The quantitative estimate of drug-likeness (QED) is 0.684. The van der Waals surface area contributed by atoms with Crippen LogP contribution >= 0.6 is 11.8 Å². The van der Waals surface area contributed by atoms with Gasteiger partial charge in [0.05, 0.1) is 0 Å². The van der Waals surface area contributed by atoms with Gasteiger partial charge in [-0.2, -0.15) is 0 Å². The normalized spacial score (nSPS) is 18.8. The minimum absolute atomic E-state index is 0.157. The van der Waals surface area contributed by atoms with Crippen molar-refractivity contribution in [2.24, 2.45) is 5.92 Å². The number of hydrogen-bond acceptors (Lipinski definition) is 3. The van der Waals surface area contributed by atoms with E-state index in [1.54, 1.807) is 11.1 Å². The highest BCUT2D eigenvalue weighted by molar-refractivity contribution is 7.99. The molecule has 1 aliphatic heterocycles. The molecule has 3 nitrogen and oxygen atoms in total. The Bertz CT molecular complexity index is 600. The fraction of sp³-hybridized carbons (Fsp3) is 0.667. The van der Waals surface area contributed by atoms with Gasteiger partial charge in [-0.1, -0.05) is 12.1 Å². The molecule has 1 aliphatic carbocycles. The number of fused-ring (bicyclic) bond motifs is 1. The maximum Gasteiger partial charge on any atom is 0.410 e. The van der Waals surface area contributed by atoms with Crippen LogP contribution in [0, 0.1) is 5.92 Å². The van der Waals surface area contributed by atoms with Crippen LogP contribution in [0.15, 0.2) is 23.1 Å². The summed E-state index contributed by atoms with van der Waals surface area (Å²) in [6.45, 7) is 7.43. The largest absolute Gasteiger partial charge is 0.444 e. The Labute approximate surface area is 156 Å². The molecule has 0 N–H and O–H groups in total. The lowest BCUT2D eigenvalue weighted by atomic mass is 9.92. The molecule has 3 rings (SSSR count). The summed E-state index contributed by atoms with van der Waals surface area (Å²) < 4.78 is 5.49. The van der Waals surface area contributed by atoms with Crippen LogP contribution < -0.4 is 0 Å². The Morgan fingerprint density at radius 2 is 1.92 bits per heavy atom. The highest BCUT2D eigenvalue weighted by Gasteiger charge is 2.27. The topological polar surface area (TPSA) is 29.5 Å². The van der Waals surface area contributed by atoms with Gasteiger partial charge in [-0.25, -0.2) is 4.79 Å². The number of hydrogen-bond donors (Lipinski definition) is 0. The zero-order valence-electron chi connectivity index (χ0n) is 15.8. The second-order valence-electron chi connectivity index (χ2n) is 8.32. The predicted molar refractivity (Wildman–Crippen MR) is 104 cm³/mol. The fourth-order valence-electron chi connectivity index (χ4n) is 3.70. The van der Waals surface area contributed by atoms with E-state index in [2.05, 4.69) is 18.2 Å². The van der Waals surface area contributed by atoms with Gasteiger partial charge in [0, 0.05) is 23.7 Å². The van der Waals surface area contributed by atoms with Crippen molar-refractivity contribution >= 4 is 17.9 Å². The van der Waals surface area contributed by atoms with E-state index in [4.69, 9.17) is 4.74 Å². The molecule has 1 heterocycles. The van der Waals surface area contributed by atoms with Gasteiger partial charge >= 0.3 is 6.09 Å². The van der Waals surface area contributed by atoms with E-state index in [0.29, 0.717) is 5.92 Å². The number of likely N-dealkylation sites (tertiary alicyclic amines) is 1. The Balaban J connectivity index is 1.48. The molecular weight excluding hydrogens is 330 g/mol. The molecule has 0 unspecified atom stereocenters. The summed E-state index contributed by atoms with van der Waals surface area (Å²) >= 11 is 2.03. The number of benzene rings is 1. The lowest BCUT2D eigenvalue weighted by Crippen LogP contribution is -2.42. The van der Waals surface area contributed by atoms with Gasteiger partial charge < -0.3 is 9.64 Å². The maximum atomic E-state index is 12.2. The van der Waals surface area contributed by atoms with Gasteiger partial charge in [0.15, 0.2) is 0 Å². The van der Waals surface area contributed by atoms with Crippen molar-refractivity contribution < 1.29 is 9.53 Å². The molecule has 1 aromatic rings. The number of aryl methyl sites for hydroxylation is 1. The molecule has 1 fully saturated rings. The van der Waals surface area contributed by atoms with Crippen LogP contribution in [0.5, 0.6) is 0 Å². The molecule has 4 heteroatoms. The van der Waals surface area contributed by atoms with Gasteiger partial charge in [0.2, 0.25) is 0 Å². The lowest BCUT2D eigenvalue weighted by molar-refractivity contribution is 0.0191. The van der Waals surface area contributed by atoms with Crippen LogP contribution in [-0.4, -0.2) is 35.4 Å². The van der Waals surface area contributed by atoms with E-state index < -0.39 is 5.60 Å². The van der Waals surface area contributed by atoms with Gasteiger partial charge in [-0.3, -0.25) is 0 Å². The molecular formula is C21H31NO2S. The van der Waals surface area contributed by atoms with Crippen LogP contribution in [-0.2, 0) is 17.6 Å². The molecule has 1 saturated heterocycles. The third-order valence-electron chi connectivity index (χ3n) is 5.09. The maximum absolute atomic E-state index is 12.2. The van der Waals surface area contributed by atoms with E-state index in [1.165, 1.54) is 36.3 Å². The molecule has 0 spiro atoms. The first-order chi connectivity index (χ1) is 11.9. The molecule has 0 radical (unpaired) electrons. The zero-order valence-corrected chi connectivity index (χ0v) is 16.7. The number of amides is 1. The van der Waals surface area contributed by atoms with Crippen LogP contribution in [0.4, 0.5) is 4.79 Å². The molecule has 0 saturated carbocycles. The molecule has 1 aromatic carbocycles. The van der Waals surface area contributed by atoms with Gasteiger partial charge in [0.25, 0.3) is 0 Å². The van der Waals surface area contributed by atoms with Crippen molar-refractivity contribution in [1.82, 2.24) is 4.90 Å². The summed E-state index contributed by atoms with van der Waals surface area (Å²) in [5.74, 6) is 1.86. The summed E-state index contributed by atoms with van der Waals surface area (Å²) in [7, 11) is 0. The smallest absolute Gasteiger partial charge is 0.410 e. The first kappa shape index (κ1) is 18.6. The Morgan fingerprint density at radius 1 is 1.20 bits per heavy atom. The molecule has 0 aromatic heterocycles. The Hall–Kier alpha value is -1.16. The monoisotopic (exact) mass is 361 g/mol. The minimum atomic E-state index is -0.407. The number of thioether (sulfide) groups is 1. The standard InChI is InChI=1S/C21H31NO2S/c1-21(2,3)24-20(23)22-13-11-16(12-14-22)15-25-19-10-6-8-17-7-4-5-9-18(17)19/h6,8,10,16H,4-5,7,9,11-15H2,1-3H3. The van der Waals surface area contributed by atoms with E-state index >= 15 is 0 Å². The van der Waals surface area contributed by atoms with Crippen molar-refractivity contribution in [3.05, 3.63) is 29.3 Å². The number of rotatable bonds is 3. The average Bonchev–Trinajstić information content (AvgIpc) is 2.59. The second-order valence-corrected chi connectivity index (χ2v) is 9.38. The molecule has 25 heavy (non-hydrogen) atoms. The SMILES string of the molecule is CC(C)(C)OC(=O)N1CCC(CSc2cccc3c2CCCC3)CC1. The lowest BCUT2D eigenvalue weighted by Gasteiger charge is -2.33. The van der Waals surface area contributed by atoms with Crippen molar-refractivity contribution in [1.29, 1.82) is 0 Å². The van der Waals surface area contributed by atoms with Crippen molar-refractivity contribution in [3.8, 4) is 0 Å². The number of ether oxygens (including phenoxy) is 1. The van der Waals surface area contributed by atoms with Crippen LogP contribution in [0.25, 0.3) is 0 Å². The van der Waals surface area contributed by atoms with Crippen LogP contribution in [0.3, 0.4) is 0 Å². The number of carbonyl (C=O) groups is 1. The number of carbonyl (C=O) groups excluding carboxylic acids is 1. The Kier molecular flexibility index (Phi) is 5.98. The second kappa shape index (κ2) is 8.03. The highest BCUT2D eigenvalue weighted by atomic mass is 32.2. The summed E-state index contributed by atoms with van der Waals surface area (Å²) in [6, 6.07) is 6.82. The summed E-state index contributed by atoms with van der Waals surface area (Å²) in [4.78, 5) is 15.5. The molecule has 0 atom stereocenters. The molecule has 1 amide bonds. The van der Waals surface area contributed by atoms with Gasteiger partial charge in [-0.15, -0.1) is 11.8 Å². The highest BCUT2D eigenvalue weighted by Crippen LogP contribution is 2.33. The molecule has 138 valence electrons. The van der Waals surface area contributed by atoms with Gasteiger partial charge in [0.1, 0.15) is 5.60 Å². The van der Waals surface area contributed by atoms with E-state index in [1.807, 2.05) is 37.4 Å². The molecule has 0 bridgehead atoms. The number of nitrogens with zero attached hydrogens (tertiary/aromatic N) is 1. The number of piperidine rings is 1. The first-order valence-electron chi connectivity index (χ1n) is 9.64. The van der Waals surface area contributed by atoms with E-state index in [-0.39, 0.29) is 6.09 Å². The van der Waals surface area contributed by atoms with E-state index in [9.17, 15) is 4.79 Å². The summed E-state index contributed by atoms with van der Waals surface area (Å²) in [6.07, 6.45) is 7.18. The summed E-state index contributed by atoms with van der Waals surface area (Å²) in [5.41, 5.74) is 2.76. The van der Waals surface area contributed by atoms with Crippen molar-refractivity contribution in [2.75, 3.05) is 18.8 Å².